The summed E-state index contributed by atoms with van der Waals surface area (Å²) in [6, 6.07) is 7.67. The van der Waals surface area contributed by atoms with Crippen molar-refractivity contribution in [2.45, 2.75) is 38.6 Å². The Morgan fingerprint density at radius 1 is 1.33 bits per heavy atom. The summed E-state index contributed by atoms with van der Waals surface area (Å²) in [7, 11) is 0. The van der Waals surface area contributed by atoms with Gasteiger partial charge in [-0.2, -0.15) is 0 Å². The van der Waals surface area contributed by atoms with Gasteiger partial charge in [-0.25, -0.2) is 4.98 Å². The van der Waals surface area contributed by atoms with Gasteiger partial charge in [-0.3, -0.25) is 9.59 Å². The molecule has 0 saturated heterocycles. The highest BCUT2D eigenvalue weighted by atomic mass is 16.4. The van der Waals surface area contributed by atoms with Crippen molar-refractivity contribution in [3.63, 3.8) is 0 Å². The topological polar surface area (TPSA) is 95.1 Å². The first-order valence-corrected chi connectivity index (χ1v) is 6.82. The van der Waals surface area contributed by atoms with Crippen molar-refractivity contribution in [1.29, 1.82) is 0 Å². The zero-order valence-corrected chi connectivity index (χ0v) is 12.1. The van der Waals surface area contributed by atoms with Crippen LogP contribution in [0.1, 0.15) is 32.5 Å². The van der Waals surface area contributed by atoms with Gasteiger partial charge in [0.05, 0.1) is 17.5 Å². The lowest BCUT2D eigenvalue weighted by Crippen LogP contribution is -2.45. The summed E-state index contributed by atoms with van der Waals surface area (Å²) in [5, 5.41) is 11.5. The van der Waals surface area contributed by atoms with Gasteiger partial charge in [0, 0.05) is 18.4 Å². The summed E-state index contributed by atoms with van der Waals surface area (Å²) in [4.78, 5) is 30.2. The van der Waals surface area contributed by atoms with Crippen LogP contribution in [0.25, 0.3) is 11.0 Å². The van der Waals surface area contributed by atoms with Crippen LogP contribution in [0.2, 0.25) is 0 Å². The Hall–Kier alpha value is -2.37. The van der Waals surface area contributed by atoms with E-state index < -0.39 is 11.5 Å². The van der Waals surface area contributed by atoms with Crippen molar-refractivity contribution in [2.24, 2.45) is 0 Å². The van der Waals surface area contributed by atoms with E-state index >= 15 is 0 Å². The number of carbonyl (C=O) groups excluding carboxylic acids is 1. The van der Waals surface area contributed by atoms with Crippen LogP contribution in [0.5, 0.6) is 0 Å². The van der Waals surface area contributed by atoms with E-state index in [1.54, 1.807) is 13.8 Å². The second kappa shape index (κ2) is 5.95. The molecule has 112 valence electrons. The van der Waals surface area contributed by atoms with Gasteiger partial charge in [0.15, 0.2) is 0 Å². The van der Waals surface area contributed by atoms with Crippen molar-refractivity contribution in [3.05, 3.63) is 30.1 Å². The van der Waals surface area contributed by atoms with Gasteiger partial charge in [0.1, 0.15) is 5.82 Å². The third-order valence-corrected chi connectivity index (χ3v) is 3.10. The summed E-state index contributed by atoms with van der Waals surface area (Å²) >= 11 is 0. The van der Waals surface area contributed by atoms with Crippen LogP contribution < -0.4 is 5.32 Å². The molecule has 0 aliphatic carbocycles. The van der Waals surface area contributed by atoms with Crippen molar-refractivity contribution >= 4 is 22.9 Å². The maximum atomic E-state index is 11.9. The van der Waals surface area contributed by atoms with E-state index in [1.165, 1.54) is 0 Å². The predicted molar refractivity (Wildman–Crippen MR) is 78.9 cm³/mol. The fourth-order valence-corrected chi connectivity index (χ4v) is 2.22. The summed E-state index contributed by atoms with van der Waals surface area (Å²) in [5.41, 5.74) is 1.06. The first-order valence-electron chi connectivity index (χ1n) is 6.82. The molecule has 2 aromatic rings. The Labute approximate surface area is 122 Å². The Kier molecular flexibility index (Phi) is 4.26. The number of imidazole rings is 1. The number of fused-ring (bicyclic) bond motifs is 1. The molecule has 1 amide bonds. The summed E-state index contributed by atoms with van der Waals surface area (Å²) < 4.78 is 0. The number of benzene rings is 1. The van der Waals surface area contributed by atoms with Crippen LogP contribution in [0.4, 0.5) is 0 Å². The quantitative estimate of drug-likeness (QED) is 0.756. The molecule has 0 radical (unpaired) electrons. The SMILES string of the molecule is CC(C)(CC(=O)O)NC(=O)CCc1nc2ccccc2[nH]1. The third-order valence-electron chi connectivity index (χ3n) is 3.10. The van der Waals surface area contributed by atoms with E-state index in [-0.39, 0.29) is 18.7 Å². The van der Waals surface area contributed by atoms with E-state index in [1.807, 2.05) is 24.3 Å². The third kappa shape index (κ3) is 4.30. The number of hydrogen-bond donors (Lipinski definition) is 3. The molecule has 0 aliphatic heterocycles. The van der Waals surface area contributed by atoms with Crippen molar-refractivity contribution in [1.82, 2.24) is 15.3 Å². The van der Waals surface area contributed by atoms with Crippen LogP contribution in [-0.4, -0.2) is 32.5 Å². The molecule has 0 saturated carbocycles. The van der Waals surface area contributed by atoms with Gasteiger partial charge in [0.25, 0.3) is 0 Å². The number of para-hydroxylation sites is 2. The number of carbonyl (C=O) groups is 2. The van der Waals surface area contributed by atoms with E-state index in [0.717, 1.165) is 16.9 Å². The van der Waals surface area contributed by atoms with Gasteiger partial charge < -0.3 is 15.4 Å². The Morgan fingerprint density at radius 3 is 2.71 bits per heavy atom. The lowest BCUT2D eigenvalue weighted by molar-refractivity contribution is -0.138. The highest BCUT2D eigenvalue weighted by Crippen LogP contribution is 2.12. The minimum absolute atomic E-state index is 0.108. The molecule has 0 spiro atoms. The number of carboxylic acids is 1. The van der Waals surface area contributed by atoms with E-state index in [9.17, 15) is 9.59 Å². The van der Waals surface area contributed by atoms with Gasteiger partial charge in [-0.15, -0.1) is 0 Å². The maximum absolute atomic E-state index is 11.9. The van der Waals surface area contributed by atoms with Gasteiger partial charge in [-0.1, -0.05) is 12.1 Å². The molecular weight excluding hydrogens is 270 g/mol. The van der Waals surface area contributed by atoms with Crippen molar-refractivity contribution in [3.8, 4) is 0 Å². The van der Waals surface area contributed by atoms with Crippen molar-refractivity contribution in [2.75, 3.05) is 0 Å². The van der Waals surface area contributed by atoms with Crippen LogP contribution >= 0.6 is 0 Å². The molecule has 0 atom stereocenters. The molecule has 0 fully saturated rings. The number of aromatic amines is 1. The molecular formula is C15H19N3O3. The smallest absolute Gasteiger partial charge is 0.305 e. The number of hydrogen-bond acceptors (Lipinski definition) is 3. The van der Waals surface area contributed by atoms with E-state index in [4.69, 9.17) is 5.11 Å². The zero-order valence-electron chi connectivity index (χ0n) is 12.1. The number of carboxylic acid groups (broad SMARTS) is 1. The second-order valence-electron chi connectivity index (χ2n) is 5.70. The lowest BCUT2D eigenvalue weighted by Gasteiger charge is -2.24. The fourth-order valence-electron chi connectivity index (χ4n) is 2.22. The molecule has 0 bridgehead atoms. The average molecular weight is 289 g/mol. The zero-order chi connectivity index (χ0) is 15.5. The molecule has 6 heteroatoms. The minimum Gasteiger partial charge on any atom is -0.481 e. The van der Waals surface area contributed by atoms with Crippen LogP contribution in [0, 0.1) is 0 Å². The van der Waals surface area contributed by atoms with Crippen LogP contribution in [-0.2, 0) is 16.0 Å². The summed E-state index contributed by atoms with van der Waals surface area (Å²) in [6.45, 7) is 3.39. The number of rotatable bonds is 6. The molecule has 1 heterocycles. The highest BCUT2D eigenvalue weighted by molar-refractivity contribution is 5.79. The molecule has 3 N–H and O–H groups in total. The molecule has 0 unspecified atom stereocenters. The number of aromatic nitrogens is 2. The first kappa shape index (κ1) is 15.0. The minimum atomic E-state index is -0.933. The first-order chi connectivity index (χ1) is 9.85. The number of H-pyrrole nitrogens is 1. The van der Waals surface area contributed by atoms with Crippen molar-refractivity contribution < 1.29 is 14.7 Å². The Bertz CT molecular complexity index is 628. The maximum Gasteiger partial charge on any atom is 0.305 e. The van der Waals surface area contributed by atoms with Gasteiger partial charge in [0.2, 0.25) is 5.91 Å². The van der Waals surface area contributed by atoms with Crippen LogP contribution in [0.15, 0.2) is 24.3 Å². The molecule has 2 rings (SSSR count). The summed E-state index contributed by atoms with van der Waals surface area (Å²) in [5.74, 6) is -0.360. The van der Waals surface area contributed by atoms with E-state index in [2.05, 4.69) is 15.3 Å². The predicted octanol–water partition coefficient (Wildman–Crippen LogP) is 1.86. The Balaban J connectivity index is 1.90. The largest absolute Gasteiger partial charge is 0.481 e. The van der Waals surface area contributed by atoms with E-state index in [0.29, 0.717) is 6.42 Å². The standard InChI is InChI=1S/C15H19N3O3/c1-15(2,9-14(20)21)18-13(19)8-7-12-16-10-5-3-4-6-11(10)17-12/h3-6H,7-9H2,1-2H3,(H,16,17)(H,18,19)(H,20,21). The fraction of sp³-hybridized carbons (Fsp3) is 0.400. The summed E-state index contributed by atoms with van der Waals surface area (Å²) in [6.07, 6.45) is 0.649. The normalized spacial score (nSPS) is 11.5. The van der Waals surface area contributed by atoms with Gasteiger partial charge in [-0.05, 0) is 26.0 Å². The molecule has 21 heavy (non-hydrogen) atoms. The number of nitrogens with zero attached hydrogens (tertiary/aromatic N) is 1. The molecule has 6 nitrogen and oxygen atoms in total. The monoisotopic (exact) mass is 289 g/mol. The highest BCUT2D eigenvalue weighted by Gasteiger charge is 2.23. The number of aliphatic carboxylic acids is 1. The number of amides is 1. The Morgan fingerprint density at radius 2 is 2.05 bits per heavy atom. The molecule has 1 aromatic carbocycles. The van der Waals surface area contributed by atoms with Gasteiger partial charge >= 0.3 is 5.97 Å². The number of nitrogens with one attached hydrogen (secondary N) is 2. The number of aryl methyl sites for hydroxylation is 1. The lowest BCUT2D eigenvalue weighted by atomic mass is 10.0. The second-order valence-corrected chi connectivity index (χ2v) is 5.70. The molecule has 1 aromatic heterocycles. The van der Waals surface area contributed by atoms with Crippen LogP contribution in [0.3, 0.4) is 0 Å². The molecule has 0 aliphatic rings. The average Bonchev–Trinajstić information content (AvgIpc) is 2.76.